The standard InChI is InChI=1S/C18H23N3O6/c22-16-10-13(11-20(16)6-8-26-14-4-2-1-3-5-14)19-18(25)21-7-9-27-15(12-21)17(23)24/h1-5,13,15H,6-12H2,(H,19,25)(H,23,24). The Labute approximate surface area is 156 Å². The number of carboxylic acids is 1. The zero-order chi connectivity index (χ0) is 19.2. The van der Waals surface area contributed by atoms with Gasteiger partial charge in [0.25, 0.3) is 0 Å². The number of carbonyl (C=O) groups is 3. The molecule has 0 saturated carbocycles. The summed E-state index contributed by atoms with van der Waals surface area (Å²) in [7, 11) is 0. The fraction of sp³-hybridized carbons (Fsp3) is 0.500. The van der Waals surface area contributed by atoms with Gasteiger partial charge in [-0.3, -0.25) is 4.79 Å². The molecule has 2 saturated heterocycles. The van der Waals surface area contributed by atoms with E-state index in [-0.39, 0.29) is 37.6 Å². The van der Waals surface area contributed by atoms with Crippen LogP contribution >= 0.6 is 0 Å². The quantitative estimate of drug-likeness (QED) is 0.731. The second kappa shape index (κ2) is 8.72. The number of para-hydroxylation sites is 1. The second-order valence-electron chi connectivity index (χ2n) is 6.50. The third-order valence-corrected chi connectivity index (χ3v) is 4.54. The molecule has 2 atom stereocenters. The number of morpholine rings is 1. The predicted molar refractivity (Wildman–Crippen MR) is 94.4 cm³/mol. The molecule has 0 aliphatic carbocycles. The number of amides is 3. The molecule has 146 valence electrons. The van der Waals surface area contributed by atoms with Crippen LogP contribution in [0.1, 0.15) is 6.42 Å². The van der Waals surface area contributed by atoms with E-state index in [0.29, 0.717) is 26.2 Å². The average Bonchev–Trinajstić information content (AvgIpc) is 3.02. The number of carboxylic acid groups (broad SMARTS) is 1. The molecule has 9 nitrogen and oxygen atoms in total. The summed E-state index contributed by atoms with van der Waals surface area (Å²) in [5.41, 5.74) is 0. The fourth-order valence-electron chi connectivity index (χ4n) is 3.12. The topological polar surface area (TPSA) is 108 Å². The van der Waals surface area contributed by atoms with E-state index in [9.17, 15) is 14.4 Å². The van der Waals surface area contributed by atoms with Gasteiger partial charge in [-0.25, -0.2) is 9.59 Å². The highest BCUT2D eigenvalue weighted by molar-refractivity contribution is 5.82. The zero-order valence-corrected chi connectivity index (χ0v) is 14.9. The van der Waals surface area contributed by atoms with E-state index in [1.54, 1.807) is 4.90 Å². The summed E-state index contributed by atoms with van der Waals surface area (Å²) in [6.07, 6.45) is -0.787. The van der Waals surface area contributed by atoms with Gasteiger partial charge >= 0.3 is 12.0 Å². The summed E-state index contributed by atoms with van der Waals surface area (Å²) in [6.45, 7) is 1.73. The molecule has 3 amide bonds. The molecule has 1 aromatic rings. The van der Waals surface area contributed by atoms with Gasteiger partial charge in [0, 0.05) is 19.5 Å². The van der Waals surface area contributed by atoms with Gasteiger partial charge in [-0.1, -0.05) is 18.2 Å². The van der Waals surface area contributed by atoms with Crippen LogP contribution in [0.25, 0.3) is 0 Å². The van der Waals surface area contributed by atoms with Gasteiger partial charge < -0.3 is 29.7 Å². The number of benzene rings is 1. The van der Waals surface area contributed by atoms with Crippen molar-refractivity contribution in [3.8, 4) is 5.75 Å². The molecule has 2 unspecified atom stereocenters. The van der Waals surface area contributed by atoms with Crippen molar-refractivity contribution in [3.63, 3.8) is 0 Å². The Kier molecular flexibility index (Phi) is 6.12. The summed E-state index contributed by atoms with van der Waals surface area (Å²) >= 11 is 0. The molecule has 1 aromatic carbocycles. The molecule has 9 heteroatoms. The van der Waals surface area contributed by atoms with Crippen LogP contribution in [0.3, 0.4) is 0 Å². The first kappa shape index (κ1) is 19.0. The van der Waals surface area contributed by atoms with E-state index in [2.05, 4.69) is 5.32 Å². The lowest BCUT2D eigenvalue weighted by atomic mass is 10.2. The zero-order valence-electron chi connectivity index (χ0n) is 14.9. The SMILES string of the molecule is O=C(O)C1CN(C(=O)NC2CC(=O)N(CCOc3ccccc3)C2)CCO1. The Morgan fingerprint density at radius 3 is 2.78 bits per heavy atom. The minimum atomic E-state index is -1.09. The predicted octanol–water partition coefficient (Wildman–Crippen LogP) is 0.161. The van der Waals surface area contributed by atoms with Crippen molar-refractivity contribution in [2.75, 3.05) is 39.4 Å². The smallest absolute Gasteiger partial charge is 0.334 e. The van der Waals surface area contributed by atoms with Crippen molar-refractivity contribution in [3.05, 3.63) is 30.3 Å². The summed E-state index contributed by atoms with van der Waals surface area (Å²) in [5, 5.41) is 11.8. The maximum absolute atomic E-state index is 12.3. The Hall–Kier alpha value is -2.81. The number of hydrogen-bond donors (Lipinski definition) is 2. The minimum absolute atomic E-state index is 0.00351. The lowest BCUT2D eigenvalue weighted by Gasteiger charge is -2.31. The lowest BCUT2D eigenvalue weighted by molar-refractivity contribution is -0.154. The summed E-state index contributed by atoms with van der Waals surface area (Å²) in [4.78, 5) is 38.6. The second-order valence-corrected chi connectivity index (χ2v) is 6.50. The highest BCUT2D eigenvalue weighted by atomic mass is 16.5. The number of likely N-dealkylation sites (tertiary alicyclic amines) is 1. The highest BCUT2D eigenvalue weighted by Gasteiger charge is 2.33. The number of ether oxygens (including phenoxy) is 2. The maximum atomic E-state index is 12.3. The van der Waals surface area contributed by atoms with Crippen molar-refractivity contribution in [2.45, 2.75) is 18.6 Å². The fourth-order valence-corrected chi connectivity index (χ4v) is 3.12. The Bertz CT molecular complexity index is 683. The number of rotatable bonds is 6. The van der Waals surface area contributed by atoms with Crippen molar-refractivity contribution >= 4 is 17.9 Å². The van der Waals surface area contributed by atoms with Crippen molar-refractivity contribution in [2.24, 2.45) is 0 Å². The van der Waals surface area contributed by atoms with Gasteiger partial charge in [0.05, 0.1) is 25.7 Å². The molecule has 2 fully saturated rings. The van der Waals surface area contributed by atoms with Gasteiger partial charge in [-0.2, -0.15) is 0 Å². The van der Waals surface area contributed by atoms with Gasteiger partial charge in [-0.15, -0.1) is 0 Å². The summed E-state index contributed by atoms with van der Waals surface area (Å²) < 4.78 is 10.7. The summed E-state index contributed by atoms with van der Waals surface area (Å²) in [6, 6.07) is 8.68. The Morgan fingerprint density at radius 1 is 1.26 bits per heavy atom. The number of carbonyl (C=O) groups excluding carboxylic acids is 2. The molecule has 2 aliphatic heterocycles. The van der Waals surface area contributed by atoms with Gasteiger partial charge in [-0.05, 0) is 12.1 Å². The molecule has 0 radical (unpaired) electrons. The Balaban J connectivity index is 1.43. The van der Waals surface area contributed by atoms with Crippen LogP contribution in [-0.4, -0.2) is 84.4 Å². The van der Waals surface area contributed by atoms with E-state index in [1.165, 1.54) is 4.90 Å². The van der Waals surface area contributed by atoms with E-state index in [0.717, 1.165) is 5.75 Å². The molecular weight excluding hydrogens is 354 g/mol. The van der Waals surface area contributed by atoms with E-state index >= 15 is 0 Å². The van der Waals surface area contributed by atoms with Crippen LogP contribution < -0.4 is 10.1 Å². The molecule has 0 bridgehead atoms. The molecule has 2 N–H and O–H groups in total. The largest absolute Gasteiger partial charge is 0.492 e. The van der Waals surface area contributed by atoms with E-state index < -0.39 is 12.1 Å². The van der Waals surface area contributed by atoms with Crippen LogP contribution in [0, 0.1) is 0 Å². The normalized spacial score (nSPS) is 22.6. The minimum Gasteiger partial charge on any atom is -0.492 e. The molecule has 0 spiro atoms. The molecule has 0 aromatic heterocycles. The number of nitrogens with zero attached hydrogens (tertiary/aromatic N) is 2. The molecule has 2 heterocycles. The van der Waals surface area contributed by atoms with Crippen molar-refractivity contribution in [1.29, 1.82) is 0 Å². The van der Waals surface area contributed by atoms with Crippen LogP contribution in [0.15, 0.2) is 30.3 Å². The monoisotopic (exact) mass is 377 g/mol. The number of aliphatic carboxylic acids is 1. The molecular formula is C18H23N3O6. The van der Waals surface area contributed by atoms with Crippen LogP contribution in [0.2, 0.25) is 0 Å². The maximum Gasteiger partial charge on any atom is 0.334 e. The first-order valence-corrected chi connectivity index (χ1v) is 8.88. The van der Waals surface area contributed by atoms with Crippen molar-refractivity contribution in [1.82, 2.24) is 15.1 Å². The van der Waals surface area contributed by atoms with E-state index in [4.69, 9.17) is 14.6 Å². The van der Waals surface area contributed by atoms with E-state index in [1.807, 2.05) is 30.3 Å². The molecule has 27 heavy (non-hydrogen) atoms. The molecule has 2 aliphatic rings. The van der Waals surface area contributed by atoms with Gasteiger partial charge in [0.2, 0.25) is 5.91 Å². The van der Waals surface area contributed by atoms with Gasteiger partial charge in [0.15, 0.2) is 6.10 Å². The molecule has 3 rings (SSSR count). The number of hydrogen-bond acceptors (Lipinski definition) is 5. The number of nitrogens with one attached hydrogen (secondary N) is 1. The van der Waals surface area contributed by atoms with Crippen LogP contribution in [0.4, 0.5) is 4.79 Å². The Morgan fingerprint density at radius 2 is 2.04 bits per heavy atom. The third kappa shape index (κ3) is 5.10. The average molecular weight is 377 g/mol. The van der Waals surface area contributed by atoms with Crippen LogP contribution in [-0.2, 0) is 14.3 Å². The van der Waals surface area contributed by atoms with Crippen molar-refractivity contribution < 1.29 is 29.0 Å². The van der Waals surface area contributed by atoms with Crippen LogP contribution in [0.5, 0.6) is 5.75 Å². The highest BCUT2D eigenvalue weighted by Crippen LogP contribution is 2.14. The third-order valence-electron chi connectivity index (χ3n) is 4.54. The first-order valence-electron chi connectivity index (χ1n) is 8.88. The number of urea groups is 1. The lowest BCUT2D eigenvalue weighted by Crippen LogP contribution is -2.53. The van der Waals surface area contributed by atoms with Gasteiger partial charge in [0.1, 0.15) is 12.4 Å². The summed E-state index contributed by atoms with van der Waals surface area (Å²) in [5.74, 6) is -0.384. The first-order chi connectivity index (χ1) is 13.0.